The first-order valence-corrected chi connectivity index (χ1v) is 5.45. The molecule has 1 aromatic rings. The number of hydrogen-bond donors (Lipinski definition) is 2. The summed E-state index contributed by atoms with van der Waals surface area (Å²) in [6, 6.07) is 0.567. The molecule has 0 aliphatic heterocycles. The number of nitrogens with one attached hydrogen (secondary N) is 2. The number of aryl methyl sites for hydroxylation is 2. The van der Waals surface area contributed by atoms with Gasteiger partial charge in [0.15, 0.2) is 0 Å². The van der Waals surface area contributed by atoms with Gasteiger partial charge in [0.05, 0.1) is 17.1 Å². The van der Waals surface area contributed by atoms with Crippen LogP contribution in [0.15, 0.2) is 0 Å². The van der Waals surface area contributed by atoms with Crippen molar-refractivity contribution in [3.63, 3.8) is 0 Å². The molecule has 2 N–H and O–H groups in total. The van der Waals surface area contributed by atoms with E-state index in [0.29, 0.717) is 6.04 Å². The van der Waals surface area contributed by atoms with Crippen LogP contribution in [0.4, 0.5) is 5.69 Å². The standard InChI is InChI=1S/C11H19N3/c1-7(6-10-4-5-10)12-11-8(2)13-14-9(11)3/h7,10,12H,4-6H2,1-3H3,(H,13,14). The van der Waals surface area contributed by atoms with Gasteiger partial charge in [-0.25, -0.2) is 0 Å². The first kappa shape index (κ1) is 9.56. The van der Waals surface area contributed by atoms with Crippen molar-refractivity contribution in [1.82, 2.24) is 10.2 Å². The lowest BCUT2D eigenvalue weighted by molar-refractivity contribution is 0.641. The number of hydrogen-bond acceptors (Lipinski definition) is 2. The Morgan fingerprint density at radius 1 is 1.50 bits per heavy atom. The molecule has 0 saturated heterocycles. The van der Waals surface area contributed by atoms with Crippen LogP contribution in [0.2, 0.25) is 0 Å². The smallest absolute Gasteiger partial charge is 0.0825 e. The summed E-state index contributed by atoms with van der Waals surface area (Å²) in [5.74, 6) is 0.977. The summed E-state index contributed by atoms with van der Waals surface area (Å²) in [6.07, 6.45) is 4.15. The molecule has 0 bridgehead atoms. The second kappa shape index (κ2) is 3.64. The van der Waals surface area contributed by atoms with Crippen LogP contribution in [0.3, 0.4) is 0 Å². The largest absolute Gasteiger partial charge is 0.380 e. The minimum atomic E-state index is 0.567. The molecule has 3 nitrogen and oxygen atoms in total. The van der Waals surface area contributed by atoms with Gasteiger partial charge in [0.25, 0.3) is 0 Å². The maximum absolute atomic E-state index is 4.18. The van der Waals surface area contributed by atoms with Gasteiger partial charge in [0.1, 0.15) is 0 Å². The van der Waals surface area contributed by atoms with Crippen LogP contribution >= 0.6 is 0 Å². The van der Waals surface area contributed by atoms with Gasteiger partial charge in [-0.1, -0.05) is 12.8 Å². The Hall–Kier alpha value is -0.990. The number of aromatic nitrogens is 2. The minimum Gasteiger partial charge on any atom is -0.380 e. The molecule has 78 valence electrons. The Morgan fingerprint density at radius 3 is 2.71 bits per heavy atom. The zero-order valence-corrected chi connectivity index (χ0v) is 9.22. The van der Waals surface area contributed by atoms with E-state index >= 15 is 0 Å². The van der Waals surface area contributed by atoms with E-state index in [2.05, 4.69) is 29.4 Å². The molecule has 1 heterocycles. The predicted octanol–water partition coefficient (Wildman–Crippen LogP) is 2.63. The molecule has 1 aliphatic carbocycles. The predicted molar refractivity (Wildman–Crippen MR) is 58.5 cm³/mol. The highest BCUT2D eigenvalue weighted by Gasteiger charge is 2.24. The van der Waals surface area contributed by atoms with Crippen molar-refractivity contribution in [2.24, 2.45) is 5.92 Å². The topological polar surface area (TPSA) is 40.7 Å². The Bertz CT molecular complexity index is 293. The SMILES string of the molecule is Cc1n[nH]c(C)c1NC(C)CC1CC1. The molecule has 1 unspecified atom stereocenters. The number of anilines is 1. The molecule has 1 atom stereocenters. The third-order valence-electron chi connectivity index (χ3n) is 2.90. The van der Waals surface area contributed by atoms with Crippen LogP contribution in [0.5, 0.6) is 0 Å². The van der Waals surface area contributed by atoms with Crippen LogP contribution < -0.4 is 5.32 Å². The Kier molecular flexibility index (Phi) is 2.48. The summed E-state index contributed by atoms with van der Waals surface area (Å²) in [4.78, 5) is 0. The Morgan fingerprint density at radius 2 is 2.21 bits per heavy atom. The van der Waals surface area contributed by atoms with E-state index in [1.807, 2.05) is 6.92 Å². The maximum Gasteiger partial charge on any atom is 0.0825 e. The van der Waals surface area contributed by atoms with Crippen molar-refractivity contribution in [2.45, 2.75) is 46.1 Å². The molecular weight excluding hydrogens is 174 g/mol. The Balaban J connectivity index is 1.94. The summed E-state index contributed by atoms with van der Waals surface area (Å²) in [6.45, 7) is 6.35. The number of aromatic amines is 1. The second-order valence-electron chi connectivity index (χ2n) is 4.53. The fourth-order valence-corrected chi connectivity index (χ4v) is 1.92. The van der Waals surface area contributed by atoms with Crippen molar-refractivity contribution in [3.05, 3.63) is 11.4 Å². The molecule has 2 rings (SSSR count). The lowest BCUT2D eigenvalue weighted by Gasteiger charge is -2.14. The summed E-state index contributed by atoms with van der Waals surface area (Å²) in [5.41, 5.74) is 3.41. The third-order valence-corrected chi connectivity index (χ3v) is 2.90. The number of rotatable bonds is 4. The van der Waals surface area contributed by atoms with Crippen molar-refractivity contribution in [1.29, 1.82) is 0 Å². The van der Waals surface area contributed by atoms with Gasteiger partial charge in [-0.05, 0) is 33.1 Å². The molecular formula is C11H19N3. The van der Waals surface area contributed by atoms with Crippen molar-refractivity contribution < 1.29 is 0 Å². The average Bonchev–Trinajstić information content (AvgIpc) is 2.88. The van der Waals surface area contributed by atoms with Gasteiger partial charge >= 0.3 is 0 Å². The van der Waals surface area contributed by atoms with Gasteiger partial charge in [0, 0.05) is 6.04 Å². The first-order chi connectivity index (χ1) is 6.66. The highest BCUT2D eigenvalue weighted by atomic mass is 15.2. The first-order valence-electron chi connectivity index (χ1n) is 5.45. The van der Waals surface area contributed by atoms with E-state index < -0.39 is 0 Å². The average molecular weight is 193 g/mol. The molecule has 0 spiro atoms. The number of H-pyrrole nitrogens is 1. The van der Waals surface area contributed by atoms with Crippen LogP contribution in [-0.2, 0) is 0 Å². The van der Waals surface area contributed by atoms with Crippen LogP contribution in [-0.4, -0.2) is 16.2 Å². The summed E-state index contributed by atoms with van der Waals surface area (Å²) in [5, 5.41) is 10.7. The van der Waals surface area contributed by atoms with E-state index in [0.717, 1.165) is 17.3 Å². The van der Waals surface area contributed by atoms with Gasteiger partial charge in [-0.15, -0.1) is 0 Å². The van der Waals surface area contributed by atoms with Crippen molar-refractivity contribution in [2.75, 3.05) is 5.32 Å². The molecule has 0 amide bonds. The lowest BCUT2D eigenvalue weighted by atomic mass is 10.1. The van der Waals surface area contributed by atoms with Crippen LogP contribution in [0.1, 0.15) is 37.6 Å². The molecule has 1 aromatic heterocycles. The van der Waals surface area contributed by atoms with Crippen molar-refractivity contribution in [3.8, 4) is 0 Å². The summed E-state index contributed by atoms with van der Waals surface area (Å²) < 4.78 is 0. The van der Waals surface area contributed by atoms with E-state index in [1.54, 1.807) is 0 Å². The van der Waals surface area contributed by atoms with E-state index in [4.69, 9.17) is 0 Å². The fraction of sp³-hybridized carbons (Fsp3) is 0.727. The van der Waals surface area contributed by atoms with Gasteiger partial charge in [-0.2, -0.15) is 5.10 Å². The minimum absolute atomic E-state index is 0.567. The van der Waals surface area contributed by atoms with Crippen LogP contribution in [0, 0.1) is 19.8 Å². The van der Waals surface area contributed by atoms with Crippen molar-refractivity contribution >= 4 is 5.69 Å². The molecule has 1 aliphatic rings. The molecule has 1 saturated carbocycles. The Labute approximate surface area is 85.3 Å². The normalized spacial score (nSPS) is 18.2. The fourth-order valence-electron chi connectivity index (χ4n) is 1.92. The number of nitrogens with zero attached hydrogens (tertiary/aromatic N) is 1. The second-order valence-corrected chi connectivity index (χ2v) is 4.53. The van der Waals surface area contributed by atoms with E-state index in [9.17, 15) is 0 Å². The molecule has 14 heavy (non-hydrogen) atoms. The zero-order chi connectivity index (χ0) is 10.1. The zero-order valence-electron chi connectivity index (χ0n) is 9.22. The van der Waals surface area contributed by atoms with E-state index in [1.165, 1.54) is 24.9 Å². The maximum atomic E-state index is 4.18. The van der Waals surface area contributed by atoms with Crippen LogP contribution in [0.25, 0.3) is 0 Å². The summed E-state index contributed by atoms with van der Waals surface area (Å²) in [7, 11) is 0. The highest BCUT2D eigenvalue weighted by molar-refractivity contribution is 5.51. The third kappa shape index (κ3) is 2.08. The van der Waals surface area contributed by atoms with Gasteiger partial charge in [0.2, 0.25) is 0 Å². The highest BCUT2D eigenvalue weighted by Crippen LogP contribution is 2.34. The van der Waals surface area contributed by atoms with Gasteiger partial charge < -0.3 is 5.32 Å². The van der Waals surface area contributed by atoms with Gasteiger partial charge in [-0.3, -0.25) is 5.10 Å². The molecule has 0 radical (unpaired) electrons. The van der Waals surface area contributed by atoms with E-state index in [-0.39, 0.29) is 0 Å². The molecule has 0 aromatic carbocycles. The molecule has 3 heteroatoms. The lowest BCUT2D eigenvalue weighted by Crippen LogP contribution is -2.16. The monoisotopic (exact) mass is 193 g/mol. The quantitative estimate of drug-likeness (QED) is 0.771. The summed E-state index contributed by atoms with van der Waals surface area (Å²) >= 11 is 0. The molecule has 1 fully saturated rings.